The number of ether oxygens (including phenoxy) is 1. The topological polar surface area (TPSA) is 69.4 Å². The predicted molar refractivity (Wildman–Crippen MR) is 78.6 cm³/mol. The number of benzene rings is 1. The first-order valence-corrected chi connectivity index (χ1v) is 7.02. The van der Waals surface area contributed by atoms with Crippen molar-refractivity contribution in [1.29, 1.82) is 0 Å². The fraction of sp³-hybridized carbons (Fsp3) is 0.200. The highest BCUT2D eigenvalue weighted by Crippen LogP contribution is 2.29. The van der Waals surface area contributed by atoms with Crippen LogP contribution in [0.3, 0.4) is 0 Å². The maximum absolute atomic E-state index is 12.1. The van der Waals surface area contributed by atoms with Gasteiger partial charge in [0.2, 0.25) is 0 Å². The van der Waals surface area contributed by atoms with E-state index >= 15 is 0 Å². The zero-order valence-electron chi connectivity index (χ0n) is 11.3. The summed E-state index contributed by atoms with van der Waals surface area (Å²) in [5, 5.41) is 1.82. The van der Waals surface area contributed by atoms with Crippen molar-refractivity contribution in [1.82, 2.24) is 0 Å². The Labute approximate surface area is 121 Å². The lowest BCUT2D eigenvalue weighted by Crippen LogP contribution is -2.30. The van der Waals surface area contributed by atoms with Gasteiger partial charge in [-0.2, -0.15) is 0 Å². The van der Waals surface area contributed by atoms with Crippen molar-refractivity contribution in [3.05, 3.63) is 46.2 Å². The first-order valence-electron chi connectivity index (χ1n) is 6.14. The molecule has 1 atom stereocenters. The molecule has 0 aliphatic heterocycles. The lowest BCUT2D eigenvalue weighted by atomic mass is 10.1. The molecule has 2 N–H and O–H groups in total. The Morgan fingerprint density at radius 2 is 1.85 bits per heavy atom. The van der Waals surface area contributed by atoms with E-state index in [1.54, 1.807) is 0 Å². The van der Waals surface area contributed by atoms with Gasteiger partial charge < -0.3 is 10.5 Å². The average molecular weight is 289 g/mol. The SMILES string of the molecule is Cc1ccc(-c2ccsc2C(=O)O[C@H](C)C(N)=O)cc1. The number of nitrogens with two attached hydrogens (primary N) is 1. The number of hydrogen-bond acceptors (Lipinski definition) is 4. The summed E-state index contributed by atoms with van der Waals surface area (Å²) in [6, 6.07) is 9.72. The molecule has 1 aromatic carbocycles. The molecular weight excluding hydrogens is 274 g/mol. The molecule has 2 rings (SSSR count). The van der Waals surface area contributed by atoms with Crippen molar-refractivity contribution in [2.75, 3.05) is 0 Å². The molecule has 0 saturated carbocycles. The van der Waals surface area contributed by atoms with Gasteiger partial charge in [-0.05, 0) is 30.9 Å². The van der Waals surface area contributed by atoms with Crippen LogP contribution in [0.15, 0.2) is 35.7 Å². The van der Waals surface area contributed by atoms with Gasteiger partial charge in [0.15, 0.2) is 6.10 Å². The molecule has 104 valence electrons. The first kappa shape index (κ1) is 14.3. The van der Waals surface area contributed by atoms with Crippen LogP contribution in [-0.2, 0) is 9.53 Å². The van der Waals surface area contributed by atoms with Gasteiger partial charge in [0.05, 0.1) is 0 Å². The number of esters is 1. The van der Waals surface area contributed by atoms with Crippen LogP contribution >= 0.6 is 11.3 Å². The van der Waals surface area contributed by atoms with E-state index in [0.29, 0.717) is 4.88 Å². The molecular formula is C15H15NO3S. The summed E-state index contributed by atoms with van der Waals surface area (Å²) < 4.78 is 5.04. The smallest absolute Gasteiger partial charge is 0.349 e. The van der Waals surface area contributed by atoms with Crippen molar-refractivity contribution >= 4 is 23.2 Å². The summed E-state index contributed by atoms with van der Waals surface area (Å²) in [7, 11) is 0. The molecule has 20 heavy (non-hydrogen) atoms. The normalized spacial score (nSPS) is 11.9. The summed E-state index contributed by atoms with van der Waals surface area (Å²) in [6.07, 6.45) is -0.935. The monoisotopic (exact) mass is 289 g/mol. The fourth-order valence-electron chi connectivity index (χ4n) is 1.70. The second-order valence-electron chi connectivity index (χ2n) is 4.48. The van der Waals surface area contributed by atoms with E-state index in [9.17, 15) is 9.59 Å². The van der Waals surface area contributed by atoms with Crippen molar-refractivity contribution in [2.45, 2.75) is 20.0 Å². The van der Waals surface area contributed by atoms with Gasteiger partial charge in [-0.3, -0.25) is 4.79 Å². The molecule has 1 amide bonds. The van der Waals surface area contributed by atoms with Gasteiger partial charge in [0.25, 0.3) is 5.91 Å². The Hall–Kier alpha value is -2.14. The Bertz CT molecular complexity index is 631. The second kappa shape index (κ2) is 5.88. The van der Waals surface area contributed by atoms with Gasteiger partial charge in [-0.1, -0.05) is 29.8 Å². The van der Waals surface area contributed by atoms with Crippen molar-refractivity contribution in [3.8, 4) is 11.1 Å². The third kappa shape index (κ3) is 3.05. The summed E-state index contributed by atoms with van der Waals surface area (Å²) in [4.78, 5) is 23.5. The van der Waals surface area contributed by atoms with Gasteiger partial charge in [-0.25, -0.2) is 4.79 Å². The molecule has 0 spiro atoms. The number of amides is 1. The molecule has 0 unspecified atom stereocenters. The molecule has 5 heteroatoms. The molecule has 1 aromatic heterocycles. The van der Waals surface area contributed by atoms with Gasteiger partial charge >= 0.3 is 5.97 Å². The van der Waals surface area contributed by atoms with E-state index < -0.39 is 18.0 Å². The Balaban J connectivity index is 2.26. The maximum Gasteiger partial charge on any atom is 0.349 e. The van der Waals surface area contributed by atoms with E-state index in [4.69, 9.17) is 10.5 Å². The Kier molecular flexibility index (Phi) is 4.20. The van der Waals surface area contributed by atoms with Crippen LogP contribution in [0.25, 0.3) is 11.1 Å². The van der Waals surface area contributed by atoms with Gasteiger partial charge in [0, 0.05) is 5.56 Å². The zero-order chi connectivity index (χ0) is 14.7. The predicted octanol–water partition coefficient (Wildman–Crippen LogP) is 2.75. The molecule has 2 aromatic rings. The summed E-state index contributed by atoms with van der Waals surface area (Å²) in [6.45, 7) is 3.46. The minimum atomic E-state index is -0.935. The standard InChI is InChI=1S/C15H15NO3S/c1-9-3-5-11(6-4-9)12-7-8-20-13(12)15(18)19-10(2)14(16)17/h3-8,10H,1-2H3,(H2,16,17)/t10-/m1/s1. The van der Waals surface area contributed by atoms with Crippen LogP contribution in [0.2, 0.25) is 0 Å². The van der Waals surface area contributed by atoms with Crippen molar-refractivity contribution in [3.63, 3.8) is 0 Å². The maximum atomic E-state index is 12.1. The molecule has 4 nitrogen and oxygen atoms in total. The third-order valence-corrected chi connectivity index (χ3v) is 3.79. The average Bonchev–Trinajstić information content (AvgIpc) is 2.88. The van der Waals surface area contributed by atoms with E-state index in [1.165, 1.54) is 18.3 Å². The number of carbonyl (C=O) groups excluding carboxylic acids is 2. The molecule has 0 saturated heterocycles. The van der Waals surface area contributed by atoms with E-state index in [1.807, 2.05) is 42.6 Å². The largest absolute Gasteiger partial charge is 0.448 e. The summed E-state index contributed by atoms with van der Waals surface area (Å²) in [5.41, 5.74) is 7.98. The van der Waals surface area contributed by atoms with Crippen LogP contribution in [0.4, 0.5) is 0 Å². The van der Waals surface area contributed by atoms with Gasteiger partial charge in [-0.15, -0.1) is 11.3 Å². The number of carbonyl (C=O) groups is 2. The van der Waals surface area contributed by atoms with E-state index in [-0.39, 0.29) is 0 Å². The Morgan fingerprint density at radius 1 is 1.20 bits per heavy atom. The van der Waals surface area contributed by atoms with Crippen LogP contribution in [0, 0.1) is 6.92 Å². The van der Waals surface area contributed by atoms with Crippen molar-refractivity contribution in [2.24, 2.45) is 5.73 Å². The number of rotatable bonds is 4. The molecule has 0 aliphatic rings. The molecule has 0 fully saturated rings. The zero-order valence-corrected chi connectivity index (χ0v) is 12.1. The van der Waals surface area contributed by atoms with E-state index in [2.05, 4.69) is 0 Å². The molecule has 1 heterocycles. The second-order valence-corrected chi connectivity index (χ2v) is 5.40. The van der Waals surface area contributed by atoms with E-state index in [0.717, 1.165) is 16.7 Å². The Morgan fingerprint density at radius 3 is 2.45 bits per heavy atom. The first-order chi connectivity index (χ1) is 9.49. The van der Waals surface area contributed by atoms with Crippen LogP contribution < -0.4 is 5.73 Å². The molecule has 0 radical (unpaired) electrons. The quantitative estimate of drug-likeness (QED) is 0.880. The number of aryl methyl sites for hydroxylation is 1. The van der Waals surface area contributed by atoms with Gasteiger partial charge in [0.1, 0.15) is 4.88 Å². The molecule has 0 aliphatic carbocycles. The number of primary amides is 1. The summed E-state index contributed by atoms with van der Waals surface area (Å²) in [5.74, 6) is -1.19. The molecule has 0 bridgehead atoms. The van der Waals surface area contributed by atoms with Crippen LogP contribution in [0.1, 0.15) is 22.2 Å². The minimum absolute atomic E-state index is 0.474. The highest BCUT2D eigenvalue weighted by molar-refractivity contribution is 7.12. The highest BCUT2D eigenvalue weighted by atomic mass is 32.1. The lowest BCUT2D eigenvalue weighted by Gasteiger charge is -2.10. The van der Waals surface area contributed by atoms with Crippen LogP contribution in [0.5, 0.6) is 0 Å². The van der Waals surface area contributed by atoms with Crippen LogP contribution in [-0.4, -0.2) is 18.0 Å². The number of hydrogen-bond donors (Lipinski definition) is 1. The third-order valence-electron chi connectivity index (χ3n) is 2.90. The minimum Gasteiger partial charge on any atom is -0.448 e. The summed E-state index contributed by atoms with van der Waals surface area (Å²) >= 11 is 1.28. The fourth-order valence-corrected chi connectivity index (χ4v) is 2.50. The number of thiophene rings is 1. The van der Waals surface area contributed by atoms with Crippen molar-refractivity contribution < 1.29 is 14.3 Å². The highest BCUT2D eigenvalue weighted by Gasteiger charge is 2.20. The lowest BCUT2D eigenvalue weighted by molar-refractivity contribution is -0.125.